The molecule has 1 rings (SSSR count). The van der Waals surface area contributed by atoms with Crippen LogP contribution < -0.4 is 0 Å². The average molecular weight is 211 g/mol. The van der Waals surface area contributed by atoms with Crippen molar-refractivity contribution in [3.63, 3.8) is 0 Å². The highest BCUT2D eigenvalue weighted by atomic mass is 35.5. The van der Waals surface area contributed by atoms with Crippen molar-refractivity contribution in [3.05, 3.63) is 34.9 Å². The van der Waals surface area contributed by atoms with Crippen molar-refractivity contribution in [1.29, 1.82) is 0 Å². The highest BCUT2D eigenvalue weighted by molar-refractivity contribution is 6.30. The summed E-state index contributed by atoms with van der Waals surface area (Å²) in [6, 6.07) is 7.17. The Morgan fingerprint density at radius 3 is 2.93 bits per heavy atom. The minimum Gasteiger partial charge on any atom is -0.394 e. The number of benzene rings is 1. The molecule has 1 aromatic carbocycles. The predicted molar refractivity (Wildman–Crippen MR) is 56.1 cm³/mol. The fraction of sp³-hybridized carbons (Fsp3) is 0.273. The van der Waals surface area contributed by atoms with Gasteiger partial charge in [-0.2, -0.15) is 0 Å². The second-order valence-electron chi connectivity index (χ2n) is 2.70. The molecular formula is C11H11ClO2. The topological polar surface area (TPSA) is 29.5 Å². The molecule has 0 amide bonds. The van der Waals surface area contributed by atoms with Gasteiger partial charge in [0.05, 0.1) is 13.2 Å². The molecule has 74 valence electrons. The molecule has 1 N–H and O–H groups in total. The van der Waals surface area contributed by atoms with E-state index in [9.17, 15) is 0 Å². The molecule has 0 aliphatic rings. The Kier molecular flexibility index (Phi) is 4.48. The molecule has 1 aromatic rings. The molecule has 0 aromatic heterocycles. The zero-order valence-corrected chi connectivity index (χ0v) is 8.37. The van der Waals surface area contributed by atoms with Gasteiger partial charge < -0.3 is 9.84 Å². The van der Waals surface area contributed by atoms with Crippen molar-refractivity contribution >= 4 is 11.6 Å². The highest BCUT2D eigenvalue weighted by Crippen LogP contribution is 2.19. The Hall–Kier alpha value is -1.01. The standard InChI is InChI=1S/C11H11ClO2/c1-2-11(14-7-6-13)9-4-3-5-10(12)8-9/h1,3-5,8,11,13H,6-7H2/t11-/m1/s1. The number of ether oxygens (including phenoxy) is 1. The zero-order valence-electron chi connectivity index (χ0n) is 7.61. The number of terminal acetylenes is 1. The fourth-order valence-corrected chi connectivity index (χ4v) is 1.28. The number of aliphatic hydroxyl groups excluding tert-OH is 1. The smallest absolute Gasteiger partial charge is 0.143 e. The van der Waals surface area contributed by atoms with E-state index in [1.165, 1.54) is 0 Å². The fourth-order valence-electron chi connectivity index (χ4n) is 1.08. The summed E-state index contributed by atoms with van der Waals surface area (Å²) < 4.78 is 5.24. The zero-order chi connectivity index (χ0) is 10.4. The first kappa shape index (κ1) is 11.1. The van der Waals surface area contributed by atoms with E-state index < -0.39 is 6.10 Å². The Balaban J connectivity index is 2.75. The molecule has 0 saturated heterocycles. The molecule has 0 spiro atoms. The van der Waals surface area contributed by atoms with Crippen LogP contribution in [0.1, 0.15) is 11.7 Å². The van der Waals surface area contributed by atoms with Crippen LogP contribution in [0.3, 0.4) is 0 Å². The van der Waals surface area contributed by atoms with Crippen molar-refractivity contribution in [1.82, 2.24) is 0 Å². The van der Waals surface area contributed by atoms with Gasteiger partial charge in [0, 0.05) is 5.02 Å². The van der Waals surface area contributed by atoms with Gasteiger partial charge in [0.25, 0.3) is 0 Å². The minimum absolute atomic E-state index is 0.0429. The van der Waals surface area contributed by atoms with Gasteiger partial charge in [-0.15, -0.1) is 6.42 Å². The van der Waals surface area contributed by atoms with Crippen LogP contribution in [-0.4, -0.2) is 18.3 Å². The molecule has 0 saturated carbocycles. The van der Waals surface area contributed by atoms with Crippen LogP contribution in [0.15, 0.2) is 24.3 Å². The van der Waals surface area contributed by atoms with E-state index in [1.807, 2.05) is 12.1 Å². The second-order valence-corrected chi connectivity index (χ2v) is 3.13. The first-order chi connectivity index (χ1) is 6.77. The third-order valence-electron chi connectivity index (χ3n) is 1.68. The van der Waals surface area contributed by atoms with E-state index in [4.69, 9.17) is 27.9 Å². The summed E-state index contributed by atoms with van der Waals surface area (Å²) in [4.78, 5) is 0. The summed E-state index contributed by atoms with van der Waals surface area (Å²) in [6.45, 7) is 0.181. The largest absolute Gasteiger partial charge is 0.394 e. The molecule has 0 heterocycles. The number of halogens is 1. The lowest BCUT2D eigenvalue weighted by atomic mass is 10.1. The average Bonchev–Trinajstić information content (AvgIpc) is 2.19. The Morgan fingerprint density at radius 1 is 1.57 bits per heavy atom. The SMILES string of the molecule is C#C[C@@H](OCCO)c1cccc(Cl)c1. The molecule has 1 atom stereocenters. The molecule has 0 aliphatic heterocycles. The summed E-state index contributed by atoms with van der Waals surface area (Å²) in [6.07, 6.45) is 4.85. The maximum atomic E-state index is 8.59. The lowest BCUT2D eigenvalue weighted by Gasteiger charge is -2.11. The number of hydrogen-bond acceptors (Lipinski definition) is 2. The number of aliphatic hydroxyl groups is 1. The van der Waals surface area contributed by atoms with E-state index in [0.29, 0.717) is 5.02 Å². The Morgan fingerprint density at radius 2 is 2.36 bits per heavy atom. The summed E-state index contributed by atoms with van der Waals surface area (Å²) in [5.74, 6) is 2.49. The van der Waals surface area contributed by atoms with Gasteiger partial charge in [-0.05, 0) is 17.7 Å². The normalized spacial score (nSPS) is 12.1. The molecule has 3 heteroatoms. The Labute approximate surface area is 88.5 Å². The van der Waals surface area contributed by atoms with Crippen LogP contribution >= 0.6 is 11.6 Å². The molecule has 0 radical (unpaired) electrons. The first-order valence-electron chi connectivity index (χ1n) is 4.22. The molecular weight excluding hydrogens is 200 g/mol. The van der Waals surface area contributed by atoms with Gasteiger partial charge >= 0.3 is 0 Å². The third-order valence-corrected chi connectivity index (χ3v) is 1.91. The highest BCUT2D eigenvalue weighted by Gasteiger charge is 2.07. The third kappa shape index (κ3) is 3.04. The predicted octanol–water partition coefficient (Wildman–Crippen LogP) is 2.02. The van der Waals surface area contributed by atoms with E-state index >= 15 is 0 Å². The van der Waals surface area contributed by atoms with Gasteiger partial charge in [-0.3, -0.25) is 0 Å². The van der Waals surface area contributed by atoms with E-state index in [-0.39, 0.29) is 13.2 Å². The van der Waals surface area contributed by atoms with Crippen LogP contribution in [0.5, 0.6) is 0 Å². The van der Waals surface area contributed by atoms with Crippen molar-refractivity contribution in [3.8, 4) is 12.3 Å². The summed E-state index contributed by atoms with van der Waals surface area (Å²) in [7, 11) is 0. The van der Waals surface area contributed by atoms with Gasteiger partial charge in [0.15, 0.2) is 0 Å². The molecule has 0 fully saturated rings. The first-order valence-corrected chi connectivity index (χ1v) is 4.59. The summed E-state index contributed by atoms with van der Waals surface area (Å²) >= 11 is 5.81. The molecule has 0 bridgehead atoms. The summed E-state index contributed by atoms with van der Waals surface area (Å²) in [5.41, 5.74) is 0.827. The van der Waals surface area contributed by atoms with Crippen molar-refractivity contribution in [2.75, 3.05) is 13.2 Å². The molecule has 0 aliphatic carbocycles. The lowest BCUT2D eigenvalue weighted by Crippen LogP contribution is -2.05. The van der Waals surface area contributed by atoms with Crippen molar-refractivity contribution in [2.24, 2.45) is 0 Å². The van der Waals surface area contributed by atoms with Crippen LogP contribution in [0.2, 0.25) is 5.02 Å². The van der Waals surface area contributed by atoms with Crippen LogP contribution in [0.4, 0.5) is 0 Å². The van der Waals surface area contributed by atoms with Crippen LogP contribution in [-0.2, 0) is 4.74 Å². The van der Waals surface area contributed by atoms with E-state index in [2.05, 4.69) is 5.92 Å². The minimum atomic E-state index is -0.444. The number of hydrogen-bond donors (Lipinski definition) is 1. The van der Waals surface area contributed by atoms with Gasteiger partial charge in [0.2, 0.25) is 0 Å². The molecule has 14 heavy (non-hydrogen) atoms. The van der Waals surface area contributed by atoms with Gasteiger partial charge in [-0.1, -0.05) is 29.7 Å². The maximum Gasteiger partial charge on any atom is 0.143 e. The molecule has 0 unspecified atom stereocenters. The Bertz CT molecular complexity index is 330. The van der Waals surface area contributed by atoms with Crippen molar-refractivity contribution < 1.29 is 9.84 Å². The van der Waals surface area contributed by atoms with Crippen LogP contribution in [0, 0.1) is 12.3 Å². The van der Waals surface area contributed by atoms with Gasteiger partial charge in [-0.25, -0.2) is 0 Å². The molecule has 2 nitrogen and oxygen atoms in total. The quantitative estimate of drug-likeness (QED) is 0.771. The van der Waals surface area contributed by atoms with E-state index in [1.54, 1.807) is 12.1 Å². The monoisotopic (exact) mass is 210 g/mol. The summed E-state index contributed by atoms with van der Waals surface area (Å²) in [5, 5.41) is 9.21. The van der Waals surface area contributed by atoms with E-state index in [0.717, 1.165) is 5.56 Å². The maximum absolute atomic E-state index is 8.59. The van der Waals surface area contributed by atoms with Gasteiger partial charge in [0.1, 0.15) is 6.10 Å². The van der Waals surface area contributed by atoms with Crippen molar-refractivity contribution in [2.45, 2.75) is 6.10 Å². The number of rotatable bonds is 4. The lowest BCUT2D eigenvalue weighted by molar-refractivity contribution is 0.0593. The second kappa shape index (κ2) is 5.66. The van der Waals surface area contributed by atoms with Crippen LogP contribution in [0.25, 0.3) is 0 Å².